The van der Waals surface area contributed by atoms with E-state index in [1.165, 1.54) is 49.8 Å². The molecule has 5 rings (SSSR count). The van der Waals surface area contributed by atoms with Gasteiger partial charge < -0.3 is 36.1 Å². The molecular weight excluding hydrogens is 550 g/mol. The van der Waals surface area contributed by atoms with Crippen LogP contribution in [0.15, 0.2) is 60.1 Å². The fourth-order valence-corrected chi connectivity index (χ4v) is 8.27. The van der Waals surface area contributed by atoms with Crippen LogP contribution in [0.2, 0.25) is 0 Å². The van der Waals surface area contributed by atoms with Crippen molar-refractivity contribution in [1.29, 1.82) is 0 Å². The van der Waals surface area contributed by atoms with Gasteiger partial charge in [-0.25, -0.2) is 0 Å². The van der Waals surface area contributed by atoms with Gasteiger partial charge in [0.1, 0.15) is 0 Å². The quantitative estimate of drug-likeness (QED) is 0.135. The van der Waals surface area contributed by atoms with Gasteiger partial charge in [0.15, 0.2) is 11.5 Å². The molecule has 242 valence electrons. The number of aryl methyl sites for hydroxylation is 1. The first-order valence-electron chi connectivity index (χ1n) is 17.2. The van der Waals surface area contributed by atoms with E-state index in [0.29, 0.717) is 43.4 Å². The summed E-state index contributed by atoms with van der Waals surface area (Å²) in [6.45, 7) is 3.46. The minimum absolute atomic E-state index is 0.00583. The zero-order chi connectivity index (χ0) is 30.9. The summed E-state index contributed by atoms with van der Waals surface area (Å²) < 4.78 is 6.27. The van der Waals surface area contributed by atoms with Gasteiger partial charge in [-0.3, -0.25) is 0 Å². The number of aliphatic hydroxyl groups is 2. The third-order valence-corrected chi connectivity index (χ3v) is 10.9. The molecule has 7 heteroatoms. The van der Waals surface area contributed by atoms with Gasteiger partial charge in [0.05, 0.1) is 24.6 Å². The van der Waals surface area contributed by atoms with E-state index in [1.807, 2.05) is 18.3 Å². The molecular formula is C37H55N3O4. The number of aromatic hydroxyl groups is 1. The number of phenols is 1. The molecule has 2 saturated carbocycles. The molecule has 2 heterocycles. The third-order valence-electron chi connectivity index (χ3n) is 10.9. The summed E-state index contributed by atoms with van der Waals surface area (Å²) in [5.41, 5.74) is 9.77. The summed E-state index contributed by atoms with van der Waals surface area (Å²) in [7, 11) is 0. The Labute approximate surface area is 264 Å². The fourth-order valence-electron chi connectivity index (χ4n) is 8.27. The molecule has 7 N–H and O–H groups in total. The molecule has 0 saturated heterocycles. The number of dihydropyridines is 1. The molecule has 1 aromatic carbocycles. The summed E-state index contributed by atoms with van der Waals surface area (Å²) in [5.74, 6) is 2.63. The number of allylic oxidation sites excluding steroid dienone is 2. The zero-order valence-electron chi connectivity index (χ0n) is 26.6. The lowest BCUT2D eigenvalue weighted by Crippen LogP contribution is -2.37. The van der Waals surface area contributed by atoms with E-state index in [0.717, 1.165) is 50.1 Å². The maximum Gasteiger partial charge on any atom is 0.161 e. The smallest absolute Gasteiger partial charge is 0.161 e. The van der Waals surface area contributed by atoms with Gasteiger partial charge in [-0.05, 0) is 111 Å². The van der Waals surface area contributed by atoms with Crippen molar-refractivity contribution in [3.8, 4) is 11.5 Å². The van der Waals surface area contributed by atoms with Gasteiger partial charge >= 0.3 is 0 Å². The van der Waals surface area contributed by atoms with Gasteiger partial charge in [-0.2, -0.15) is 0 Å². The highest BCUT2D eigenvalue weighted by molar-refractivity contribution is 5.42. The molecule has 3 aliphatic rings. The molecule has 5 unspecified atom stereocenters. The molecule has 2 fully saturated rings. The van der Waals surface area contributed by atoms with Crippen LogP contribution in [0.1, 0.15) is 102 Å². The molecule has 1 aromatic heterocycles. The number of phenolic OH excluding ortho intramolecular Hbond substituents is 1. The molecule has 0 radical (unpaired) electrons. The number of nitrogens with one attached hydrogen (secondary N) is 2. The molecule has 2 aliphatic carbocycles. The number of aromatic nitrogens is 1. The molecule has 0 amide bonds. The summed E-state index contributed by atoms with van der Waals surface area (Å²) >= 11 is 0. The van der Waals surface area contributed by atoms with E-state index >= 15 is 0 Å². The molecule has 5 atom stereocenters. The lowest BCUT2D eigenvalue weighted by atomic mass is 9.66. The Bertz CT molecular complexity index is 1230. The molecule has 2 aromatic rings. The highest BCUT2D eigenvalue weighted by atomic mass is 16.5. The van der Waals surface area contributed by atoms with Crippen molar-refractivity contribution in [2.45, 2.75) is 114 Å². The monoisotopic (exact) mass is 605 g/mol. The number of hydrogen-bond acceptors (Lipinski definition) is 6. The zero-order valence-corrected chi connectivity index (χ0v) is 26.6. The number of H-pyrrole nitrogens is 1. The van der Waals surface area contributed by atoms with Crippen molar-refractivity contribution in [2.24, 2.45) is 23.5 Å². The Hall–Kier alpha value is -2.90. The maximum absolute atomic E-state index is 10.9. The molecule has 7 nitrogen and oxygen atoms in total. The predicted molar refractivity (Wildman–Crippen MR) is 176 cm³/mol. The average molecular weight is 606 g/mol. The highest BCUT2D eigenvalue weighted by Crippen LogP contribution is 2.50. The summed E-state index contributed by atoms with van der Waals surface area (Å²) in [6.07, 6.45) is 19.4. The third kappa shape index (κ3) is 8.02. The number of benzene rings is 1. The number of nitrogens with two attached hydrogens (primary N) is 1. The van der Waals surface area contributed by atoms with Gasteiger partial charge in [0, 0.05) is 23.9 Å². The lowest BCUT2D eigenvalue weighted by molar-refractivity contribution is 0.0352. The Morgan fingerprint density at radius 1 is 1.05 bits per heavy atom. The van der Waals surface area contributed by atoms with Gasteiger partial charge in [0.2, 0.25) is 0 Å². The van der Waals surface area contributed by atoms with Crippen molar-refractivity contribution in [3.63, 3.8) is 0 Å². The first-order chi connectivity index (χ1) is 21.4. The summed E-state index contributed by atoms with van der Waals surface area (Å²) in [6, 6.07) is 9.80. The van der Waals surface area contributed by atoms with Crippen LogP contribution in [-0.2, 0) is 11.8 Å². The van der Waals surface area contributed by atoms with Crippen LogP contribution in [0.5, 0.6) is 11.5 Å². The van der Waals surface area contributed by atoms with Crippen LogP contribution >= 0.6 is 0 Å². The predicted octanol–water partition coefficient (Wildman–Crippen LogP) is 6.60. The second-order valence-electron chi connectivity index (χ2n) is 13.7. The van der Waals surface area contributed by atoms with Crippen molar-refractivity contribution in [2.75, 3.05) is 13.2 Å². The first-order valence-corrected chi connectivity index (χ1v) is 17.2. The minimum atomic E-state index is -0.552. The Balaban J connectivity index is 1.18. The normalized spacial score (nSPS) is 24.0. The van der Waals surface area contributed by atoms with Crippen molar-refractivity contribution >= 4 is 0 Å². The van der Waals surface area contributed by atoms with Gasteiger partial charge in [0.25, 0.3) is 0 Å². The van der Waals surface area contributed by atoms with Gasteiger partial charge in [-0.1, -0.05) is 57.6 Å². The van der Waals surface area contributed by atoms with Crippen molar-refractivity contribution in [1.82, 2.24) is 10.3 Å². The number of rotatable bonds is 14. The van der Waals surface area contributed by atoms with Crippen LogP contribution in [0.3, 0.4) is 0 Å². The SMILES string of the molecule is CCC1CCCC(C(O)CC(O)CCc2ccc(O)c(OCCC(C3=CCNC(N)=C3)C3(c4ccc[nH]4)CCCC3)c2)CC1. The average Bonchev–Trinajstić information content (AvgIpc) is 3.68. The van der Waals surface area contributed by atoms with E-state index in [9.17, 15) is 15.3 Å². The number of ether oxygens (including phenoxy) is 1. The van der Waals surface area contributed by atoms with Crippen molar-refractivity contribution < 1.29 is 20.1 Å². The topological polar surface area (TPSA) is 124 Å². The summed E-state index contributed by atoms with van der Waals surface area (Å²) in [4.78, 5) is 3.52. The largest absolute Gasteiger partial charge is 0.504 e. The Morgan fingerprint density at radius 3 is 2.64 bits per heavy atom. The fraction of sp³-hybridized carbons (Fsp3) is 0.622. The standard InChI is InChI=1S/C37H55N3O4/c1-2-26-7-5-8-28(13-10-26)33(43)25-30(41)14-11-27-12-15-32(42)34(23-27)44-22-17-31(29-16-21-40-36(38)24-29)37(18-3-4-19-37)35-9-6-20-39-35/h6,9,12,15-16,20,23-24,26,28,30-31,33,39-43H,2-5,7-8,10-11,13-14,17-19,21-22,25,38H2,1H3. The van der Waals surface area contributed by atoms with Crippen LogP contribution in [-0.4, -0.2) is 45.7 Å². The van der Waals surface area contributed by atoms with Crippen LogP contribution < -0.4 is 15.8 Å². The molecule has 44 heavy (non-hydrogen) atoms. The number of aliphatic hydroxyl groups excluding tert-OH is 2. The van der Waals surface area contributed by atoms with Crippen LogP contribution in [0, 0.1) is 17.8 Å². The number of hydrogen-bond donors (Lipinski definition) is 6. The lowest BCUT2D eigenvalue weighted by Gasteiger charge is -2.39. The van der Waals surface area contributed by atoms with Crippen molar-refractivity contribution in [3.05, 3.63) is 71.3 Å². The van der Waals surface area contributed by atoms with Gasteiger partial charge in [-0.15, -0.1) is 0 Å². The second kappa shape index (κ2) is 15.4. The Morgan fingerprint density at radius 2 is 1.89 bits per heavy atom. The maximum atomic E-state index is 10.9. The van der Waals surface area contributed by atoms with Crippen LogP contribution in [0.4, 0.5) is 0 Å². The molecule has 0 bridgehead atoms. The molecule has 1 aliphatic heterocycles. The van der Waals surface area contributed by atoms with E-state index in [1.54, 1.807) is 6.07 Å². The Kier molecular flexibility index (Phi) is 11.4. The van der Waals surface area contributed by atoms with Crippen LogP contribution in [0.25, 0.3) is 0 Å². The van der Waals surface area contributed by atoms with E-state index in [-0.39, 0.29) is 17.1 Å². The highest BCUT2D eigenvalue weighted by Gasteiger charge is 2.44. The second-order valence-corrected chi connectivity index (χ2v) is 13.7. The van der Waals surface area contributed by atoms with E-state index < -0.39 is 12.2 Å². The minimum Gasteiger partial charge on any atom is -0.504 e. The van der Waals surface area contributed by atoms with E-state index in [2.05, 4.69) is 41.5 Å². The first kappa shape index (κ1) is 32.5. The molecule has 0 spiro atoms. The summed E-state index contributed by atoms with van der Waals surface area (Å²) in [5, 5.41) is 35.5. The van der Waals surface area contributed by atoms with E-state index in [4.69, 9.17) is 10.5 Å². The number of aromatic amines is 1.